The molecule has 20 heavy (non-hydrogen) atoms. The fourth-order valence-corrected chi connectivity index (χ4v) is 3.47. The summed E-state index contributed by atoms with van der Waals surface area (Å²) in [4.78, 5) is 23.9. The number of carboxylic acid groups (broad SMARTS) is 1. The minimum absolute atomic E-state index is 0.0408. The molecule has 1 saturated heterocycles. The summed E-state index contributed by atoms with van der Waals surface area (Å²) in [5, 5.41) is 15.6. The highest BCUT2D eigenvalue weighted by Crippen LogP contribution is 2.41. The summed E-state index contributed by atoms with van der Waals surface area (Å²) in [5.74, 6) is -0.727. The maximum Gasteiger partial charge on any atom is 0.311 e. The average molecular weight is 282 g/mol. The van der Waals surface area contributed by atoms with Crippen molar-refractivity contribution in [1.82, 2.24) is 10.6 Å². The molecule has 1 heterocycles. The van der Waals surface area contributed by atoms with Gasteiger partial charge in [-0.1, -0.05) is 19.8 Å². The molecule has 0 aromatic rings. The van der Waals surface area contributed by atoms with E-state index in [1.807, 2.05) is 0 Å². The molecular weight excluding hydrogens is 256 g/mol. The van der Waals surface area contributed by atoms with Gasteiger partial charge in [0.25, 0.3) is 0 Å². The van der Waals surface area contributed by atoms with Crippen molar-refractivity contribution in [3.63, 3.8) is 0 Å². The Kier molecular flexibility index (Phi) is 4.68. The van der Waals surface area contributed by atoms with E-state index in [0.717, 1.165) is 38.6 Å². The summed E-state index contributed by atoms with van der Waals surface area (Å²) < 4.78 is 0. The molecule has 0 aromatic carbocycles. The molecule has 3 N–H and O–H groups in total. The maximum atomic E-state index is 12.6. The Morgan fingerprint density at radius 3 is 2.35 bits per heavy atom. The smallest absolute Gasteiger partial charge is 0.311 e. The van der Waals surface area contributed by atoms with E-state index in [0.29, 0.717) is 19.4 Å². The van der Waals surface area contributed by atoms with E-state index in [9.17, 15) is 14.7 Å². The Bertz CT molecular complexity index is 366. The Balaban J connectivity index is 1.96. The van der Waals surface area contributed by atoms with Gasteiger partial charge in [0.2, 0.25) is 5.91 Å². The SMILES string of the molecule is CCCC1(C(=O)NCC2(C(=O)O)CCC2)CCCNC1. The van der Waals surface area contributed by atoms with Crippen LogP contribution in [0.2, 0.25) is 0 Å². The first-order chi connectivity index (χ1) is 9.55. The van der Waals surface area contributed by atoms with E-state index in [4.69, 9.17) is 0 Å². The normalized spacial score (nSPS) is 28.4. The maximum absolute atomic E-state index is 12.6. The second kappa shape index (κ2) is 6.12. The van der Waals surface area contributed by atoms with Crippen molar-refractivity contribution in [2.75, 3.05) is 19.6 Å². The first kappa shape index (κ1) is 15.3. The zero-order chi connectivity index (χ0) is 14.6. The number of amides is 1. The van der Waals surface area contributed by atoms with Crippen LogP contribution in [0.4, 0.5) is 0 Å². The van der Waals surface area contributed by atoms with Crippen LogP contribution in [0.15, 0.2) is 0 Å². The molecule has 1 atom stereocenters. The third kappa shape index (κ3) is 2.82. The molecule has 5 heteroatoms. The van der Waals surface area contributed by atoms with Crippen LogP contribution in [0.3, 0.4) is 0 Å². The van der Waals surface area contributed by atoms with Crippen molar-refractivity contribution in [2.45, 2.75) is 51.9 Å². The van der Waals surface area contributed by atoms with Crippen molar-refractivity contribution in [3.8, 4) is 0 Å². The molecule has 1 aliphatic carbocycles. The number of carboxylic acids is 1. The third-order valence-corrected chi connectivity index (χ3v) is 5.03. The highest BCUT2D eigenvalue weighted by Gasteiger charge is 2.46. The van der Waals surface area contributed by atoms with Gasteiger partial charge in [-0.3, -0.25) is 9.59 Å². The van der Waals surface area contributed by atoms with Crippen molar-refractivity contribution in [3.05, 3.63) is 0 Å². The predicted octanol–water partition coefficient (Wildman–Crippen LogP) is 1.53. The number of hydrogen-bond acceptors (Lipinski definition) is 3. The Labute approximate surface area is 120 Å². The summed E-state index contributed by atoms with van der Waals surface area (Å²) >= 11 is 0. The zero-order valence-corrected chi connectivity index (χ0v) is 12.3. The van der Waals surface area contributed by atoms with E-state index in [1.165, 1.54) is 0 Å². The van der Waals surface area contributed by atoms with Crippen LogP contribution in [-0.4, -0.2) is 36.6 Å². The van der Waals surface area contributed by atoms with Crippen LogP contribution < -0.4 is 10.6 Å². The standard InChI is InChI=1S/C15H26N2O3/c1-2-5-14(8-4-9-16-10-14)12(18)17-11-15(13(19)20)6-3-7-15/h16H,2-11H2,1H3,(H,17,18)(H,19,20). The van der Waals surface area contributed by atoms with Crippen LogP contribution in [-0.2, 0) is 9.59 Å². The minimum atomic E-state index is -0.768. The van der Waals surface area contributed by atoms with Crippen LogP contribution in [0.25, 0.3) is 0 Å². The number of hydrogen-bond donors (Lipinski definition) is 3. The summed E-state index contributed by atoms with van der Waals surface area (Å²) in [5.41, 5.74) is -1.04. The first-order valence-electron chi connectivity index (χ1n) is 7.77. The quantitative estimate of drug-likeness (QED) is 0.690. The topological polar surface area (TPSA) is 78.4 Å². The van der Waals surface area contributed by atoms with Gasteiger partial charge in [0, 0.05) is 13.1 Å². The van der Waals surface area contributed by atoms with Crippen LogP contribution in [0, 0.1) is 10.8 Å². The van der Waals surface area contributed by atoms with Crippen LogP contribution in [0.1, 0.15) is 51.9 Å². The van der Waals surface area contributed by atoms with Gasteiger partial charge in [-0.25, -0.2) is 0 Å². The molecule has 1 amide bonds. The zero-order valence-electron chi connectivity index (χ0n) is 12.3. The molecule has 1 aliphatic heterocycles. The van der Waals surface area contributed by atoms with Crippen molar-refractivity contribution in [2.24, 2.45) is 10.8 Å². The Morgan fingerprint density at radius 2 is 1.90 bits per heavy atom. The number of rotatable bonds is 6. The summed E-state index contributed by atoms with van der Waals surface area (Å²) in [6.07, 6.45) is 6.06. The Hall–Kier alpha value is -1.10. The molecule has 0 spiro atoms. The molecular formula is C15H26N2O3. The lowest BCUT2D eigenvalue weighted by Crippen LogP contribution is -2.54. The van der Waals surface area contributed by atoms with Gasteiger partial charge in [0.15, 0.2) is 0 Å². The highest BCUT2D eigenvalue weighted by molar-refractivity contribution is 5.84. The second-order valence-corrected chi connectivity index (χ2v) is 6.43. The van der Waals surface area contributed by atoms with Crippen molar-refractivity contribution >= 4 is 11.9 Å². The van der Waals surface area contributed by atoms with Crippen molar-refractivity contribution in [1.29, 1.82) is 0 Å². The fraction of sp³-hybridized carbons (Fsp3) is 0.867. The van der Waals surface area contributed by atoms with E-state index in [-0.39, 0.29) is 17.9 Å². The lowest BCUT2D eigenvalue weighted by molar-refractivity contribution is -0.154. The van der Waals surface area contributed by atoms with E-state index in [1.54, 1.807) is 0 Å². The minimum Gasteiger partial charge on any atom is -0.481 e. The number of carbonyl (C=O) groups is 2. The summed E-state index contributed by atoms with van der Waals surface area (Å²) in [6.45, 7) is 4.06. The molecule has 2 rings (SSSR count). The van der Waals surface area contributed by atoms with Gasteiger partial charge in [0.05, 0.1) is 10.8 Å². The van der Waals surface area contributed by atoms with E-state index in [2.05, 4.69) is 17.6 Å². The highest BCUT2D eigenvalue weighted by atomic mass is 16.4. The van der Waals surface area contributed by atoms with E-state index >= 15 is 0 Å². The second-order valence-electron chi connectivity index (χ2n) is 6.43. The molecule has 0 aromatic heterocycles. The molecule has 1 saturated carbocycles. The molecule has 1 unspecified atom stereocenters. The molecule has 2 aliphatic rings. The van der Waals surface area contributed by atoms with Crippen LogP contribution in [0.5, 0.6) is 0 Å². The first-order valence-corrected chi connectivity index (χ1v) is 7.77. The van der Waals surface area contributed by atoms with E-state index < -0.39 is 11.4 Å². The van der Waals surface area contributed by atoms with Crippen LogP contribution >= 0.6 is 0 Å². The monoisotopic (exact) mass is 282 g/mol. The molecule has 0 radical (unpaired) electrons. The average Bonchev–Trinajstić information content (AvgIpc) is 2.38. The lowest BCUT2D eigenvalue weighted by Gasteiger charge is -2.40. The Morgan fingerprint density at radius 1 is 1.20 bits per heavy atom. The number of aliphatic carboxylic acids is 1. The van der Waals surface area contributed by atoms with Crippen molar-refractivity contribution < 1.29 is 14.7 Å². The van der Waals surface area contributed by atoms with Gasteiger partial charge in [-0.2, -0.15) is 0 Å². The predicted molar refractivity (Wildman–Crippen MR) is 76.4 cm³/mol. The molecule has 5 nitrogen and oxygen atoms in total. The largest absolute Gasteiger partial charge is 0.481 e. The molecule has 114 valence electrons. The number of carbonyl (C=O) groups excluding carboxylic acids is 1. The molecule has 0 bridgehead atoms. The van der Waals surface area contributed by atoms with Gasteiger partial charge in [-0.15, -0.1) is 0 Å². The molecule has 2 fully saturated rings. The number of nitrogens with one attached hydrogen (secondary N) is 2. The number of piperidine rings is 1. The summed E-state index contributed by atoms with van der Waals surface area (Å²) in [6, 6.07) is 0. The van der Waals surface area contributed by atoms with Gasteiger partial charge >= 0.3 is 5.97 Å². The summed E-state index contributed by atoms with van der Waals surface area (Å²) in [7, 11) is 0. The van der Waals surface area contributed by atoms with Gasteiger partial charge < -0.3 is 15.7 Å². The fourth-order valence-electron chi connectivity index (χ4n) is 3.47. The lowest BCUT2D eigenvalue weighted by atomic mass is 9.68. The van der Waals surface area contributed by atoms with Gasteiger partial charge in [-0.05, 0) is 38.6 Å². The van der Waals surface area contributed by atoms with Gasteiger partial charge in [0.1, 0.15) is 0 Å². The third-order valence-electron chi connectivity index (χ3n) is 5.03.